The molecule has 2 amide bonds. The Bertz CT molecular complexity index is 565. The molecule has 2 unspecified atom stereocenters. The number of amides is 2. The van der Waals surface area contributed by atoms with Crippen LogP contribution in [0.15, 0.2) is 0 Å². The van der Waals surface area contributed by atoms with Crippen LogP contribution in [-0.2, 0) is 9.47 Å². The second kappa shape index (κ2) is 19.3. The lowest BCUT2D eigenvalue weighted by atomic mass is 10.3. The molecule has 0 aromatic heterocycles. The van der Waals surface area contributed by atoms with Crippen LogP contribution in [0.3, 0.4) is 0 Å². The van der Waals surface area contributed by atoms with Crippen molar-refractivity contribution in [1.29, 1.82) is 0 Å². The van der Waals surface area contributed by atoms with Gasteiger partial charge in [-0.25, -0.2) is 0 Å². The van der Waals surface area contributed by atoms with Crippen molar-refractivity contribution < 1.29 is 19.1 Å². The molecule has 2 heterocycles. The third-order valence-electron chi connectivity index (χ3n) is 6.29. The van der Waals surface area contributed by atoms with Crippen LogP contribution in [0.2, 0.25) is 0 Å². The maximum atomic E-state index is 12.7. The van der Waals surface area contributed by atoms with Crippen LogP contribution in [0.5, 0.6) is 0 Å². The molecular weight excluding hydrogens is 537 g/mol. The van der Waals surface area contributed by atoms with Crippen molar-refractivity contribution >= 4 is 55.6 Å². The van der Waals surface area contributed by atoms with Crippen molar-refractivity contribution in [3.05, 3.63) is 0 Å². The van der Waals surface area contributed by atoms with Crippen molar-refractivity contribution in [2.45, 2.75) is 38.2 Å². The Morgan fingerprint density at radius 2 is 1.00 bits per heavy atom. The van der Waals surface area contributed by atoms with Crippen LogP contribution >= 0.6 is 45.1 Å². The van der Waals surface area contributed by atoms with E-state index in [4.69, 9.17) is 9.47 Å². The van der Waals surface area contributed by atoms with E-state index in [1.165, 1.54) is 23.5 Å². The van der Waals surface area contributed by atoms with Gasteiger partial charge in [-0.2, -0.15) is 0 Å². The Morgan fingerprint density at radius 1 is 0.667 bits per heavy atom. The average Bonchev–Trinajstić information content (AvgIpc) is 2.91. The molecule has 0 N–H and O–H groups in total. The summed E-state index contributed by atoms with van der Waals surface area (Å²) in [7, 11) is 3.80. The van der Waals surface area contributed by atoms with Crippen LogP contribution in [0.25, 0.3) is 0 Å². The summed E-state index contributed by atoms with van der Waals surface area (Å²) in [4.78, 5) is 34.1. The minimum Gasteiger partial charge on any atom is -0.379 e. The highest BCUT2D eigenvalue weighted by molar-refractivity contribution is 8.77. The molecule has 2 rings (SSSR count). The first-order valence-electron chi connectivity index (χ1n) is 13.3. The Hall–Kier alpha value is 0.180. The topological polar surface area (TPSA) is 65.6 Å². The summed E-state index contributed by atoms with van der Waals surface area (Å²) in [5, 5.41) is 0.993. The van der Waals surface area contributed by atoms with Crippen molar-refractivity contribution in [2.24, 2.45) is 0 Å². The van der Waals surface area contributed by atoms with E-state index < -0.39 is 0 Å². The quantitative estimate of drug-likeness (QED) is 0.263. The molecule has 2 saturated heterocycles. The first kappa shape index (κ1) is 32.4. The van der Waals surface area contributed by atoms with E-state index >= 15 is 0 Å². The van der Waals surface area contributed by atoms with Gasteiger partial charge in [0.1, 0.15) is 0 Å². The van der Waals surface area contributed by atoms with E-state index in [0.29, 0.717) is 10.5 Å². The lowest BCUT2D eigenvalue weighted by molar-refractivity contribution is 0.0386. The largest absolute Gasteiger partial charge is 0.379 e. The number of nitrogens with zero attached hydrogens (tertiary/aromatic N) is 4. The van der Waals surface area contributed by atoms with Gasteiger partial charge in [-0.05, 0) is 27.7 Å². The minimum atomic E-state index is 0.169. The SMILES string of the molecule is CCN(CC)C(=O)SCC(CN1CCOCC1)SSC(CSC(=O)N(CC)CC)CN1CCOCC1. The molecule has 36 heavy (non-hydrogen) atoms. The molecule has 0 aliphatic carbocycles. The van der Waals surface area contributed by atoms with Crippen LogP contribution in [0.4, 0.5) is 9.59 Å². The monoisotopic (exact) mass is 582 g/mol. The number of hydrogen-bond acceptors (Lipinski definition) is 10. The third-order valence-corrected chi connectivity index (χ3v) is 12.1. The first-order valence-corrected chi connectivity index (χ1v) is 17.5. The second-order valence-corrected chi connectivity index (χ2v) is 13.6. The predicted molar refractivity (Wildman–Crippen MR) is 159 cm³/mol. The van der Waals surface area contributed by atoms with Gasteiger partial charge in [0.15, 0.2) is 0 Å². The Balaban J connectivity index is 1.98. The van der Waals surface area contributed by atoms with Crippen LogP contribution in [0, 0.1) is 0 Å². The van der Waals surface area contributed by atoms with Crippen LogP contribution in [-0.4, -0.2) is 144 Å². The Kier molecular flexibility index (Phi) is 17.3. The van der Waals surface area contributed by atoms with E-state index in [-0.39, 0.29) is 10.5 Å². The van der Waals surface area contributed by atoms with Gasteiger partial charge in [0.05, 0.1) is 26.4 Å². The number of ether oxygens (including phenoxy) is 2. The lowest BCUT2D eigenvalue weighted by Crippen LogP contribution is -2.42. The second-order valence-electron chi connectivity index (χ2n) is 8.76. The minimum absolute atomic E-state index is 0.169. The maximum Gasteiger partial charge on any atom is 0.281 e. The van der Waals surface area contributed by atoms with Crippen molar-refractivity contribution in [3.8, 4) is 0 Å². The Morgan fingerprint density at radius 3 is 1.31 bits per heavy atom. The molecule has 2 fully saturated rings. The number of rotatable bonds is 15. The lowest BCUT2D eigenvalue weighted by Gasteiger charge is -2.32. The molecule has 210 valence electrons. The molecule has 8 nitrogen and oxygen atoms in total. The summed E-state index contributed by atoms with van der Waals surface area (Å²) < 4.78 is 11.1. The zero-order valence-corrected chi connectivity index (χ0v) is 25.8. The fraction of sp³-hybridized carbons (Fsp3) is 0.917. The molecule has 0 saturated carbocycles. The summed E-state index contributed by atoms with van der Waals surface area (Å²) in [6.45, 7) is 19.9. The summed E-state index contributed by atoms with van der Waals surface area (Å²) in [5.41, 5.74) is 0. The van der Waals surface area contributed by atoms with Gasteiger partial charge >= 0.3 is 0 Å². The molecule has 0 radical (unpaired) electrons. The number of thioether (sulfide) groups is 2. The van der Waals surface area contributed by atoms with Gasteiger partial charge in [0, 0.05) is 87.5 Å². The molecule has 12 heteroatoms. The third kappa shape index (κ3) is 12.4. The fourth-order valence-electron chi connectivity index (χ4n) is 4.00. The number of carbonyl (C=O) groups excluding carboxylic acids is 2. The first-order chi connectivity index (χ1) is 17.5. The summed E-state index contributed by atoms with van der Waals surface area (Å²) >= 11 is 2.90. The summed E-state index contributed by atoms with van der Waals surface area (Å²) in [5.74, 6) is 1.58. The highest BCUT2D eigenvalue weighted by Crippen LogP contribution is 2.36. The van der Waals surface area contributed by atoms with E-state index in [2.05, 4.69) is 9.80 Å². The maximum absolute atomic E-state index is 12.7. The fourth-order valence-corrected chi connectivity index (χ4v) is 9.76. The van der Waals surface area contributed by atoms with Gasteiger partial charge in [-0.15, -0.1) is 0 Å². The molecule has 0 aromatic carbocycles. The van der Waals surface area contributed by atoms with E-state index in [0.717, 1.165) is 103 Å². The van der Waals surface area contributed by atoms with Gasteiger partial charge in [-0.3, -0.25) is 19.4 Å². The van der Waals surface area contributed by atoms with Crippen LogP contribution < -0.4 is 0 Å². The Labute approximate surface area is 235 Å². The van der Waals surface area contributed by atoms with Crippen molar-refractivity contribution in [2.75, 3.05) is 103 Å². The standard InChI is InChI=1S/C24H46N4O4S4/c1-5-27(6-2)23(29)33-19-21(17-25-9-13-31-14-10-25)35-36-22(18-26-11-15-32-16-12-26)20-34-24(30)28(7-3)8-4/h21-22H,5-20H2,1-4H3. The van der Waals surface area contributed by atoms with E-state index in [1.807, 2.05) is 59.1 Å². The molecular formula is C24H46N4O4S4. The van der Waals surface area contributed by atoms with Crippen LogP contribution in [0.1, 0.15) is 27.7 Å². The van der Waals surface area contributed by atoms with Crippen molar-refractivity contribution in [1.82, 2.24) is 19.6 Å². The van der Waals surface area contributed by atoms with Gasteiger partial charge < -0.3 is 19.3 Å². The number of hydrogen-bond donors (Lipinski definition) is 0. The number of morpholine rings is 2. The smallest absolute Gasteiger partial charge is 0.281 e. The summed E-state index contributed by atoms with van der Waals surface area (Å²) in [6.07, 6.45) is 0. The molecule has 2 atom stereocenters. The van der Waals surface area contributed by atoms with E-state index in [9.17, 15) is 9.59 Å². The summed E-state index contributed by atoms with van der Waals surface area (Å²) in [6, 6.07) is 0. The molecule has 2 aliphatic rings. The normalized spacial score (nSPS) is 19.1. The molecule has 2 aliphatic heterocycles. The molecule has 0 aromatic rings. The van der Waals surface area contributed by atoms with Crippen molar-refractivity contribution in [3.63, 3.8) is 0 Å². The highest BCUT2D eigenvalue weighted by atomic mass is 33.1. The molecule has 0 bridgehead atoms. The zero-order chi connectivity index (χ0) is 26.2. The number of carbonyl (C=O) groups is 2. The van der Waals surface area contributed by atoms with E-state index in [1.54, 1.807) is 0 Å². The predicted octanol–water partition coefficient (Wildman–Crippen LogP) is 4.16. The average molecular weight is 583 g/mol. The van der Waals surface area contributed by atoms with Gasteiger partial charge in [0.2, 0.25) is 0 Å². The van der Waals surface area contributed by atoms with Gasteiger partial charge in [-0.1, -0.05) is 45.1 Å². The highest BCUT2D eigenvalue weighted by Gasteiger charge is 2.25. The molecule has 0 spiro atoms. The van der Waals surface area contributed by atoms with Gasteiger partial charge in [0.25, 0.3) is 10.5 Å². The zero-order valence-electron chi connectivity index (χ0n) is 22.5.